The van der Waals surface area contributed by atoms with E-state index in [0.717, 1.165) is 5.57 Å². The van der Waals surface area contributed by atoms with Gasteiger partial charge in [-0.05, 0) is 25.1 Å². The van der Waals surface area contributed by atoms with Crippen LogP contribution >= 0.6 is 11.6 Å². The number of hydrogen-bond donors (Lipinski definition) is 1. The van der Waals surface area contributed by atoms with Gasteiger partial charge in [0.05, 0.1) is 17.7 Å². The first-order valence-electron chi connectivity index (χ1n) is 7.32. The average Bonchev–Trinajstić information content (AvgIpc) is 2.81. The summed E-state index contributed by atoms with van der Waals surface area (Å²) in [6.07, 6.45) is -4.82. The minimum absolute atomic E-state index is 0. The van der Waals surface area contributed by atoms with Crippen LogP contribution in [-0.2, 0) is 12.7 Å². The van der Waals surface area contributed by atoms with Crippen LogP contribution in [0.4, 0.5) is 13.2 Å². The van der Waals surface area contributed by atoms with Crippen molar-refractivity contribution >= 4 is 52.1 Å². The number of aromatic amines is 1. The normalized spacial score (nSPS) is 11.4. The van der Waals surface area contributed by atoms with Gasteiger partial charge in [0.15, 0.2) is 5.15 Å². The molecule has 0 aliphatic heterocycles. The van der Waals surface area contributed by atoms with Gasteiger partial charge in [0, 0.05) is 11.5 Å². The molecule has 2 heterocycles. The summed E-state index contributed by atoms with van der Waals surface area (Å²) in [5, 5.41) is 4.96. The third-order valence-corrected chi connectivity index (χ3v) is 3.89. The molecular weight excluding hydrogens is 396 g/mol. The molecule has 0 aliphatic carbocycles. The van der Waals surface area contributed by atoms with Gasteiger partial charge in [0.1, 0.15) is 5.69 Å². The molecule has 0 unspecified atom stereocenters. The van der Waals surface area contributed by atoms with Crippen molar-refractivity contribution < 1.29 is 13.2 Å². The summed E-state index contributed by atoms with van der Waals surface area (Å²) in [4.78, 5) is 25.8. The Morgan fingerprint density at radius 2 is 1.96 bits per heavy atom. The molecule has 1 N–H and O–H groups in total. The Morgan fingerprint density at radius 1 is 1.30 bits per heavy atom. The minimum atomic E-state index is -4.82. The van der Waals surface area contributed by atoms with Gasteiger partial charge in [-0.1, -0.05) is 23.8 Å². The van der Waals surface area contributed by atoms with Crippen LogP contribution in [0.15, 0.2) is 46.0 Å². The van der Waals surface area contributed by atoms with E-state index in [1.54, 1.807) is 18.0 Å². The second-order valence-corrected chi connectivity index (χ2v) is 6.12. The molecule has 0 saturated carbocycles. The van der Waals surface area contributed by atoms with E-state index in [9.17, 15) is 22.8 Å². The third kappa shape index (κ3) is 4.21. The Hall–Kier alpha value is -1.81. The molecular formula is C16H13ClF3N4NaO2. The number of alkyl halides is 3. The van der Waals surface area contributed by atoms with Crippen molar-refractivity contribution in [1.82, 2.24) is 19.3 Å². The van der Waals surface area contributed by atoms with E-state index in [1.165, 1.54) is 16.8 Å². The predicted octanol–water partition coefficient (Wildman–Crippen LogP) is 2.48. The monoisotopic (exact) mass is 408 g/mol. The number of hydrogen-bond acceptors (Lipinski definition) is 3. The number of fused-ring (bicyclic) bond motifs is 1. The van der Waals surface area contributed by atoms with E-state index >= 15 is 0 Å². The van der Waals surface area contributed by atoms with E-state index in [1.807, 2.05) is 0 Å². The van der Waals surface area contributed by atoms with Crippen LogP contribution in [0.3, 0.4) is 0 Å². The molecule has 3 rings (SSSR count). The third-order valence-electron chi connectivity index (χ3n) is 3.61. The SMILES string of the molecule is C=C(C)Cn1nc(Cl)c2ccc(-n3c(=O)cc(C(F)(F)F)[nH]c3=O)cc21.[NaH]. The fourth-order valence-electron chi connectivity index (χ4n) is 2.53. The summed E-state index contributed by atoms with van der Waals surface area (Å²) in [5.41, 5.74) is -2.29. The molecule has 3 aromatic rings. The van der Waals surface area contributed by atoms with Crippen LogP contribution in [-0.4, -0.2) is 48.9 Å². The first-order valence-corrected chi connectivity index (χ1v) is 7.70. The number of nitrogens with one attached hydrogen (secondary N) is 1. The van der Waals surface area contributed by atoms with Crippen molar-refractivity contribution in [3.05, 3.63) is 68.1 Å². The van der Waals surface area contributed by atoms with E-state index in [0.29, 0.717) is 28.1 Å². The van der Waals surface area contributed by atoms with E-state index in [4.69, 9.17) is 11.6 Å². The van der Waals surface area contributed by atoms with Crippen molar-refractivity contribution in [2.24, 2.45) is 0 Å². The summed E-state index contributed by atoms with van der Waals surface area (Å²) in [5.74, 6) is 0. The number of allylic oxidation sites excluding steroid dienone is 1. The van der Waals surface area contributed by atoms with Crippen molar-refractivity contribution in [3.8, 4) is 5.69 Å². The zero-order valence-electron chi connectivity index (χ0n) is 13.4. The molecule has 11 heteroatoms. The number of rotatable bonds is 3. The Balaban J connectivity index is 0.00000261. The second-order valence-electron chi connectivity index (χ2n) is 5.77. The molecule has 1 aromatic carbocycles. The maximum atomic E-state index is 12.7. The second kappa shape index (κ2) is 7.67. The zero-order valence-corrected chi connectivity index (χ0v) is 14.1. The predicted molar refractivity (Wildman–Crippen MR) is 97.9 cm³/mol. The molecule has 27 heavy (non-hydrogen) atoms. The molecule has 6 nitrogen and oxygen atoms in total. The molecule has 0 aliphatic rings. The van der Waals surface area contributed by atoms with Gasteiger partial charge in [-0.2, -0.15) is 18.3 Å². The molecule has 2 aromatic heterocycles. The van der Waals surface area contributed by atoms with Gasteiger partial charge < -0.3 is 4.98 Å². The molecule has 0 amide bonds. The zero-order chi connectivity index (χ0) is 19.2. The number of nitrogens with zero attached hydrogens (tertiary/aromatic N) is 3. The molecule has 0 spiro atoms. The molecule has 0 radical (unpaired) electrons. The van der Waals surface area contributed by atoms with Crippen molar-refractivity contribution in [3.63, 3.8) is 0 Å². The van der Waals surface area contributed by atoms with Crippen LogP contribution in [0.2, 0.25) is 5.15 Å². The fraction of sp³-hybridized carbons (Fsp3) is 0.188. The van der Waals surface area contributed by atoms with Gasteiger partial charge in [-0.25, -0.2) is 9.36 Å². The van der Waals surface area contributed by atoms with Crippen LogP contribution in [0, 0.1) is 0 Å². The van der Waals surface area contributed by atoms with Gasteiger partial charge in [-0.3, -0.25) is 9.48 Å². The quantitative estimate of drug-likeness (QED) is 0.534. The molecule has 0 bridgehead atoms. The molecule has 0 saturated heterocycles. The molecule has 138 valence electrons. The fourth-order valence-corrected chi connectivity index (χ4v) is 2.78. The Morgan fingerprint density at radius 3 is 2.52 bits per heavy atom. The summed E-state index contributed by atoms with van der Waals surface area (Å²) in [6, 6.07) is 4.74. The molecule has 0 atom stereocenters. The van der Waals surface area contributed by atoms with Crippen LogP contribution in [0.1, 0.15) is 12.6 Å². The molecule has 0 fully saturated rings. The van der Waals surface area contributed by atoms with E-state index in [2.05, 4.69) is 11.7 Å². The van der Waals surface area contributed by atoms with Gasteiger partial charge in [0.2, 0.25) is 0 Å². The Kier molecular flexibility index (Phi) is 6.10. The summed E-state index contributed by atoms with van der Waals surface area (Å²) < 4.78 is 40.3. The number of benzene rings is 1. The van der Waals surface area contributed by atoms with E-state index < -0.39 is 23.1 Å². The number of aromatic nitrogens is 4. The van der Waals surface area contributed by atoms with Gasteiger partial charge in [-0.15, -0.1) is 0 Å². The number of halogens is 4. The summed E-state index contributed by atoms with van der Waals surface area (Å²) in [6.45, 7) is 5.93. The Labute approximate surface area is 177 Å². The summed E-state index contributed by atoms with van der Waals surface area (Å²) in [7, 11) is 0. The first kappa shape index (κ1) is 21.5. The number of H-pyrrole nitrogens is 1. The Bertz CT molecular complexity index is 1120. The van der Waals surface area contributed by atoms with Gasteiger partial charge >= 0.3 is 41.4 Å². The van der Waals surface area contributed by atoms with Crippen LogP contribution in [0.25, 0.3) is 16.6 Å². The van der Waals surface area contributed by atoms with Crippen molar-refractivity contribution in [2.45, 2.75) is 19.6 Å². The first-order chi connectivity index (χ1) is 12.1. The van der Waals surface area contributed by atoms with Crippen molar-refractivity contribution in [2.75, 3.05) is 0 Å². The van der Waals surface area contributed by atoms with E-state index in [-0.39, 0.29) is 40.4 Å². The van der Waals surface area contributed by atoms with Crippen molar-refractivity contribution in [1.29, 1.82) is 0 Å². The van der Waals surface area contributed by atoms with Gasteiger partial charge in [0.25, 0.3) is 5.56 Å². The average molecular weight is 409 g/mol. The van der Waals surface area contributed by atoms with Crippen LogP contribution in [0.5, 0.6) is 0 Å². The maximum absolute atomic E-state index is 12.7. The van der Waals surface area contributed by atoms with Crippen LogP contribution < -0.4 is 11.2 Å². The summed E-state index contributed by atoms with van der Waals surface area (Å²) >= 11 is 6.07. The topological polar surface area (TPSA) is 72.7 Å². The standard InChI is InChI=1S/C16H12ClF3N4O2.Na.H/c1-8(2)7-23-11-5-9(3-4-10(11)14(17)22-23)24-13(25)6-12(16(18,19)20)21-15(24)26;;/h3-6H,1,7H2,2H3,(H,21,26);;.